The normalized spacial score (nSPS) is 18.4. The Kier molecular flexibility index (Phi) is 10.9. The molecule has 1 fully saturated rings. The summed E-state index contributed by atoms with van der Waals surface area (Å²) in [6.45, 7) is 3.85. The molecule has 7 rings (SSSR count). The molecule has 1 unspecified atom stereocenters. The molecule has 0 saturated carbocycles. The van der Waals surface area contributed by atoms with E-state index in [1.165, 1.54) is 18.4 Å². The summed E-state index contributed by atoms with van der Waals surface area (Å²) in [7, 11) is -4.19. The third kappa shape index (κ3) is 8.44. The largest absolute Gasteiger partial charge is 0.564 e. The Hall–Kier alpha value is -4.08. The van der Waals surface area contributed by atoms with Crippen molar-refractivity contribution in [2.75, 3.05) is 26.5 Å². The van der Waals surface area contributed by atoms with Crippen LogP contribution in [0.3, 0.4) is 0 Å². The number of hydrogen-bond donors (Lipinski definition) is 1. The van der Waals surface area contributed by atoms with E-state index in [2.05, 4.69) is 56.1 Å². The number of rotatable bonds is 13. The van der Waals surface area contributed by atoms with Crippen molar-refractivity contribution in [1.82, 2.24) is 9.80 Å². The zero-order valence-corrected chi connectivity index (χ0v) is 30.3. The number of benzene rings is 4. The number of amidine groups is 1. The predicted molar refractivity (Wildman–Crippen MR) is 198 cm³/mol. The summed E-state index contributed by atoms with van der Waals surface area (Å²) < 4.78 is 44.3. The van der Waals surface area contributed by atoms with Crippen molar-refractivity contribution in [2.24, 2.45) is 4.76 Å². The van der Waals surface area contributed by atoms with Crippen LogP contribution in [0.2, 0.25) is 0 Å². The summed E-state index contributed by atoms with van der Waals surface area (Å²) in [6.07, 6.45) is 6.44. The van der Waals surface area contributed by atoms with E-state index in [9.17, 15) is 9.67 Å². The molecule has 3 aliphatic rings. The van der Waals surface area contributed by atoms with Crippen molar-refractivity contribution in [3.8, 4) is 23.0 Å². The highest BCUT2D eigenvalue weighted by Gasteiger charge is 2.35. The Morgan fingerprint density at radius 3 is 2.14 bits per heavy atom. The second kappa shape index (κ2) is 15.9. The van der Waals surface area contributed by atoms with Gasteiger partial charge in [0.1, 0.15) is 17.3 Å². The number of para-hydroxylation sites is 2. The number of ether oxygens (including phenoxy) is 2. The van der Waals surface area contributed by atoms with E-state index >= 15 is 0 Å². The third-order valence-corrected chi connectivity index (χ3v) is 11.2. The molecular weight excluding hydrogens is 717 g/mol. The standard InChI is InChI=1S/C39H41BrN3O6P/c40-35-25-38-37(46-28-47-38)24-32(35)27-43-36(31-17-15-29(16-18-31)26-42-19-7-8-20-42)22-30(10-9-21-44)23-39(43)41-50(45,48-33-11-3-1-4-12-33)49-34-13-5-2-6-14-34/h1-6,11-18,22,24-25,36,44H,7-10,19-21,23,26-28H2/b41-39-. The molecule has 0 radical (unpaired) electrons. The summed E-state index contributed by atoms with van der Waals surface area (Å²) >= 11 is 3.77. The average molecular weight is 759 g/mol. The molecule has 0 amide bonds. The van der Waals surface area contributed by atoms with Crippen molar-refractivity contribution >= 4 is 29.5 Å². The Morgan fingerprint density at radius 2 is 1.50 bits per heavy atom. The maximum absolute atomic E-state index is 14.8. The van der Waals surface area contributed by atoms with Crippen LogP contribution in [-0.2, 0) is 17.7 Å². The second-order valence-corrected chi connectivity index (χ2v) is 15.1. The lowest BCUT2D eigenvalue weighted by molar-refractivity contribution is 0.174. The quantitative estimate of drug-likeness (QED) is 0.107. The number of fused-ring (bicyclic) bond motifs is 1. The van der Waals surface area contributed by atoms with Gasteiger partial charge in [-0.05, 0) is 91.9 Å². The van der Waals surface area contributed by atoms with Crippen molar-refractivity contribution in [2.45, 2.75) is 51.2 Å². The Bertz CT molecular complexity index is 1820. The molecule has 1 N–H and O–H groups in total. The van der Waals surface area contributed by atoms with E-state index in [1.807, 2.05) is 48.5 Å². The minimum absolute atomic E-state index is 0.0697. The van der Waals surface area contributed by atoms with E-state index in [1.54, 1.807) is 24.3 Å². The molecule has 11 heteroatoms. The molecule has 0 aromatic heterocycles. The van der Waals surface area contributed by atoms with Crippen LogP contribution in [0.5, 0.6) is 23.0 Å². The van der Waals surface area contributed by atoms with Crippen LogP contribution in [-0.4, -0.2) is 47.2 Å². The molecule has 3 aliphatic heterocycles. The van der Waals surface area contributed by atoms with Crippen molar-refractivity contribution in [1.29, 1.82) is 0 Å². The molecule has 9 nitrogen and oxygen atoms in total. The number of nitrogens with zero attached hydrogens (tertiary/aromatic N) is 3. The van der Waals surface area contributed by atoms with Gasteiger partial charge in [0.05, 0.1) is 6.04 Å². The van der Waals surface area contributed by atoms with Gasteiger partial charge in [-0.3, -0.25) is 4.90 Å². The Balaban J connectivity index is 1.31. The first-order valence-electron chi connectivity index (χ1n) is 17.1. The van der Waals surface area contributed by atoms with Crippen molar-refractivity contribution in [3.63, 3.8) is 0 Å². The number of hydrogen-bond acceptors (Lipinski definition) is 7. The summed E-state index contributed by atoms with van der Waals surface area (Å²) in [4.78, 5) is 4.66. The maximum atomic E-state index is 14.8. The molecule has 0 aliphatic carbocycles. The molecule has 0 spiro atoms. The third-order valence-electron chi connectivity index (χ3n) is 9.08. The van der Waals surface area contributed by atoms with E-state index in [0.29, 0.717) is 54.6 Å². The van der Waals surface area contributed by atoms with Gasteiger partial charge in [-0.15, -0.1) is 4.76 Å². The molecule has 4 aromatic rings. The van der Waals surface area contributed by atoms with E-state index in [-0.39, 0.29) is 19.4 Å². The highest BCUT2D eigenvalue weighted by molar-refractivity contribution is 9.10. The minimum atomic E-state index is -4.19. The molecule has 50 heavy (non-hydrogen) atoms. The summed E-state index contributed by atoms with van der Waals surface area (Å²) in [5.41, 5.74) is 4.39. The lowest BCUT2D eigenvalue weighted by Gasteiger charge is -2.38. The first-order valence-corrected chi connectivity index (χ1v) is 19.4. The fraction of sp³-hybridized carbons (Fsp3) is 0.308. The molecule has 4 aromatic carbocycles. The summed E-state index contributed by atoms with van der Waals surface area (Å²) in [6, 6.07) is 30.4. The first kappa shape index (κ1) is 34.4. The fourth-order valence-corrected chi connectivity index (χ4v) is 8.40. The zero-order chi connectivity index (χ0) is 34.3. The van der Waals surface area contributed by atoms with E-state index < -0.39 is 7.75 Å². The van der Waals surface area contributed by atoms with Crippen LogP contribution >= 0.6 is 23.7 Å². The van der Waals surface area contributed by atoms with E-state index in [4.69, 9.17) is 23.3 Å². The van der Waals surface area contributed by atoms with Crippen LogP contribution < -0.4 is 18.5 Å². The smallest absolute Gasteiger partial charge is 0.454 e. The summed E-state index contributed by atoms with van der Waals surface area (Å²) in [5.74, 6) is 2.69. The van der Waals surface area contributed by atoms with Gasteiger partial charge in [-0.2, -0.15) is 0 Å². The molecule has 1 atom stereocenters. The fourth-order valence-electron chi connectivity index (χ4n) is 6.59. The zero-order valence-electron chi connectivity index (χ0n) is 27.8. The van der Waals surface area contributed by atoms with Crippen LogP contribution in [0.15, 0.2) is 118 Å². The lowest BCUT2D eigenvalue weighted by atomic mass is 9.92. The number of aliphatic hydroxyl groups is 1. The lowest BCUT2D eigenvalue weighted by Crippen LogP contribution is -2.37. The number of likely N-dealkylation sites (tertiary alicyclic amines) is 1. The van der Waals surface area contributed by atoms with Gasteiger partial charge in [0, 0.05) is 30.6 Å². The van der Waals surface area contributed by atoms with Gasteiger partial charge in [-0.1, -0.05) is 88.2 Å². The minimum Gasteiger partial charge on any atom is -0.454 e. The van der Waals surface area contributed by atoms with Crippen LogP contribution in [0.25, 0.3) is 0 Å². The molecular formula is C39H41BrN3O6P. The second-order valence-electron chi connectivity index (χ2n) is 12.7. The molecule has 3 heterocycles. The number of aliphatic hydroxyl groups excluding tert-OH is 1. The summed E-state index contributed by atoms with van der Waals surface area (Å²) in [5, 5.41) is 9.78. The van der Waals surface area contributed by atoms with Crippen molar-refractivity contribution < 1.29 is 28.2 Å². The SMILES string of the molecule is O=P(/N=C1/CC(CCCO)=CC(c2ccc(CN3CCCC3)cc2)N1Cc1cc2c(cc1Br)OCO2)(Oc1ccccc1)Oc1ccccc1. The molecule has 0 bridgehead atoms. The van der Waals surface area contributed by atoms with Gasteiger partial charge in [-0.25, -0.2) is 4.57 Å². The van der Waals surface area contributed by atoms with Gasteiger partial charge in [0.2, 0.25) is 6.79 Å². The number of halogens is 1. The van der Waals surface area contributed by atoms with Crippen LogP contribution in [0.4, 0.5) is 0 Å². The van der Waals surface area contributed by atoms with Crippen molar-refractivity contribution in [3.05, 3.63) is 130 Å². The average Bonchev–Trinajstić information content (AvgIpc) is 3.81. The Morgan fingerprint density at radius 1 is 0.860 bits per heavy atom. The van der Waals surface area contributed by atoms with Gasteiger partial charge in [0.25, 0.3) is 0 Å². The van der Waals surface area contributed by atoms with E-state index in [0.717, 1.165) is 40.8 Å². The first-order chi connectivity index (χ1) is 24.4. The van der Waals surface area contributed by atoms with Gasteiger partial charge >= 0.3 is 7.75 Å². The highest BCUT2D eigenvalue weighted by atomic mass is 79.9. The van der Waals surface area contributed by atoms with Gasteiger partial charge in [0.15, 0.2) is 11.5 Å². The molecule has 1 saturated heterocycles. The van der Waals surface area contributed by atoms with Crippen LogP contribution in [0, 0.1) is 0 Å². The predicted octanol–water partition coefficient (Wildman–Crippen LogP) is 9.08. The maximum Gasteiger partial charge on any atom is 0.564 e. The van der Waals surface area contributed by atoms with Crippen LogP contribution in [0.1, 0.15) is 54.8 Å². The monoisotopic (exact) mass is 757 g/mol. The molecule has 260 valence electrons. The van der Waals surface area contributed by atoms with Gasteiger partial charge < -0.3 is 28.5 Å². The topological polar surface area (TPSA) is 93.1 Å². The Labute approximate surface area is 301 Å². The highest BCUT2D eigenvalue weighted by Crippen LogP contribution is 2.52.